The van der Waals surface area contributed by atoms with Crippen molar-refractivity contribution in [3.8, 4) is 0 Å². The number of likely N-dealkylation sites (tertiary alicyclic amines) is 2. The Kier molecular flexibility index (Phi) is 7.65. The Morgan fingerprint density at radius 1 is 1.26 bits per heavy atom. The van der Waals surface area contributed by atoms with Crippen LogP contribution in [0.2, 0.25) is 0 Å². The van der Waals surface area contributed by atoms with Gasteiger partial charge in [-0.15, -0.1) is 5.10 Å². The number of amides is 4. The number of halogens is 1. The van der Waals surface area contributed by atoms with Crippen LogP contribution in [0.25, 0.3) is 0 Å². The number of aromatic nitrogens is 3. The highest BCUT2D eigenvalue weighted by Crippen LogP contribution is 2.39. The molecule has 0 bridgehead atoms. The van der Waals surface area contributed by atoms with Gasteiger partial charge >= 0.3 is 5.97 Å². The third-order valence-corrected chi connectivity index (χ3v) is 7.11. The number of β-lactam (4-membered cyclic amide) rings is 1. The molecule has 2 aliphatic heterocycles. The summed E-state index contributed by atoms with van der Waals surface area (Å²) in [6, 6.07) is 4.97. The van der Waals surface area contributed by atoms with E-state index in [-0.39, 0.29) is 25.3 Å². The van der Waals surface area contributed by atoms with Crippen molar-refractivity contribution in [3.63, 3.8) is 0 Å². The molecule has 3 atom stereocenters. The van der Waals surface area contributed by atoms with Crippen molar-refractivity contribution in [2.45, 2.75) is 57.8 Å². The van der Waals surface area contributed by atoms with Crippen molar-refractivity contribution in [1.29, 1.82) is 0 Å². The monoisotopic (exact) mass is 543 g/mol. The number of hydrogen-bond donors (Lipinski definition) is 2. The molecule has 1 aromatic carbocycles. The van der Waals surface area contributed by atoms with Crippen LogP contribution in [0.4, 0.5) is 4.39 Å². The molecule has 0 saturated carbocycles. The number of nitrogens with zero attached hydrogens (tertiary/aromatic N) is 5. The average molecular weight is 544 g/mol. The van der Waals surface area contributed by atoms with Gasteiger partial charge in [-0.25, -0.2) is 9.07 Å². The van der Waals surface area contributed by atoms with Gasteiger partial charge in [0.25, 0.3) is 11.8 Å². The number of primary amides is 1. The molecule has 0 aliphatic carbocycles. The van der Waals surface area contributed by atoms with Crippen LogP contribution in [0.15, 0.2) is 24.3 Å². The maximum atomic E-state index is 14.1. The van der Waals surface area contributed by atoms with Gasteiger partial charge in [-0.1, -0.05) is 23.4 Å². The zero-order valence-corrected chi connectivity index (χ0v) is 21.8. The average Bonchev–Trinajstić information content (AvgIpc) is 3.48. The van der Waals surface area contributed by atoms with E-state index in [1.807, 2.05) is 0 Å². The molecule has 2 aliphatic rings. The first-order valence-electron chi connectivity index (χ1n) is 12.5. The number of nitrogens with one attached hydrogen (secondary N) is 1. The fraction of sp³-hybridized carbons (Fsp3) is 0.480. The summed E-state index contributed by atoms with van der Waals surface area (Å²) < 4.78 is 20.5. The molecule has 2 fully saturated rings. The molecule has 2 saturated heterocycles. The quantitative estimate of drug-likeness (QED) is 0.315. The smallest absolute Gasteiger partial charge is 0.302 e. The maximum Gasteiger partial charge on any atom is 0.302 e. The zero-order valence-electron chi connectivity index (χ0n) is 21.8. The summed E-state index contributed by atoms with van der Waals surface area (Å²) in [5.74, 6) is -3.46. The van der Waals surface area contributed by atoms with Crippen LogP contribution < -0.4 is 11.1 Å². The highest BCUT2D eigenvalue weighted by Gasteiger charge is 2.60. The molecule has 1 unspecified atom stereocenters. The number of benzene rings is 1. The number of nitrogens with two attached hydrogens (primary N) is 1. The van der Waals surface area contributed by atoms with Gasteiger partial charge in [0.05, 0.1) is 25.3 Å². The summed E-state index contributed by atoms with van der Waals surface area (Å²) in [5.41, 5.74) is 5.13. The van der Waals surface area contributed by atoms with Crippen molar-refractivity contribution >= 4 is 29.6 Å². The second kappa shape index (κ2) is 10.8. The number of carbonyl (C=O) groups excluding carboxylic acids is 5. The molecule has 0 radical (unpaired) electrons. The van der Waals surface area contributed by atoms with E-state index in [2.05, 4.69) is 15.6 Å². The van der Waals surface area contributed by atoms with Crippen LogP contribution in [-0.4, -0.2) is 91.7 Å². The summed E-state index contributed by atoms with van der Waals surface area (Å²) in [7, 11) is 0. The highest BCUT2D eigenvalue weighted by atomic mass is 19.1. The van der Waals surface area contributed by atoms with E-state index in [4.69, 9.17) is 10.5 Å². The molecule has 2 aromatic rings. The molecular weight excluding hydrogens is 513 g/mol. The third kappa shape index (κ3) is 5.31. The number of ether oxygens (including phenoxy) is 1. The molecule has 3 heterocycles. The van der Waals surface area contributed by atoms with Gasteiger partial charge in [0, 0.05) is 19.0 Å². The first-order valence-corrected chi connectivity index (χ1v) is 12.5. The minimum Gasteiger partial charge on any atom is -0.460 e. The molecule has 1 spiro atoms. The van der Waals surface area contributed by atoms with Crippen LogP contribution in [0.3, 0.4) is 0 Å². The summed E-state index contributed by atoms with van der Waals surface area (Å²) >= 11 is 0. The van der Waals surface area contributed by atoms with E-state index in [0.29, 0.717) is 30.6 Å². The molecule has 4 amide bonds. The van der Waals surface area contributed by atoms with Crippen molar-refractivity contribution < 1.29 is 33.1 Å². The normalized spacial score (nSPS) is 19.9. The van der Waals surface area contributed by atoms with E-state index in [1.54, 1.807) is 25.1 Å². The topological polar surface area (TPSA) is 170 Å². The number of carbonyl (C=O) groups is 5. The molecule has 14 heteroatoms. The van der Waals surface area contributed by atoms with Gasteiger partial charge in [0.1, 0.15) is 23.5 Å². The fourth-order valence-corrected chi connectivity index (χ4v) is 5.11. The molecular formula is C25H30FN7O6. The Labute approximate surface area is 223 Å². The summed E-state index contributed by atoms with van der Waals surface area (Å²) in [4.78, 5) is 65.0. The third-order valence-electron chi connectivity index (χ3n) is 7.11. The molecule has 3 N–H and O–H groups in total. The molecule has 39 heavy (non-hydrogen) atoms. The summed E-state index contributed by atoms with van der Waals surface area (Å²) in [5, 5.41) is 10.4. The predicted octanol–water partition coefficient (Wildman–Crippen LogP) is -0.487. The first kappa shape index (κ1) is 27.7. The minimum absolute atomic E-state index is 0.0698. The van der Waals surface area contributed by atoms with E-state index in [0.717, 1.165) is 6.92 Å². The number of hydrogen-bond acceptors (Lipinski definition) is 8. The van der Waals surface area contributed by atoms with Gasteiger partial charge in [-0.05, 0) is 32.8 Å². The van der Waals surface area contributed by atoms with E-state index < -0.39 is 53.1 Å². The predicted molar refractivity (Wildman–Crippen MR) is 132 cm³/mol. The van der Waals surface area contributed by atoms with Crippen molar-refractivity contribution in [2.75, 3.05) is 19.6 Å². The van der Waals surface area contributed by atoms with E-state index >= 15 is 0 Å². The highest BCUT2D eigenvalue weighted by molar-refractivity contribution is 6.03. The van der Waals surface area contributed by atoms with Gasteiger partial charge in [0.15, 0.2) is 5.69 Å². The van der Waals surface area contributed by atoms with Crippen LogP contribution in [0, 0.1) is 12.7 Å². The zero-order chi connectivity index (χ0) is 28.5. The Morgan fingerprint density at radius 3 is 2.62 bits per heavy atom. The standard InChI is InChI=1S/C25H30FN7O6/c1-14-20(29-30-33(14)11-17-7-4-5-8-18(17)26)23(37)32-10-6-9-25(32)13-31(24(25)38)12-19(35)28-21(22(27)36)15(2)39-16(3)34/h4-5,7-8,15,21H,6,9-13H2,1-3H3,(H2,27,36)(H,28,35)/t15-,21+,25?/m1/s1. The Morgan fingerprint density at radius 2 is 1.97 bits per heavy atom. The van der Waals surface area contributed by atoms with Crippen LogP contribution >= 0.6 is 0 Å². The summed E-state index contributed by atoms with van der Waals surface area (Å²) in [6.07, 6.45) is 0.00935. The lowest BCUT2D eigenvalue weighted by Crippen LogP contribution is -2.74. The van der Waals surface area contributed by atoms with Gasteiger partial charge in [-0.3, -0.25) is 24.0 Å². The molecule has 208 valence electrons. The Balaban J connectivity index is 1.41. The van der Waals surface area contributed by atoms with Gasteiger partial charge in [-0.2, -0.15) is 0 Å². The minimum atomic E-state index is -1.27. The van der Waals surface area contributed by atoms with Crippen LogP contribution in [-0.2, 0) is 30.5 Å². The van der Waals surface area contributed by atoms with Crippen LogP contribution in [0.5, 0.6) is 0 Å². The Hall–Kier alpha value is -4.36. The maximum absolute atomic E-state index is 14.1. The molecule has 1 aromatic heterocycles. The number of esters is 1. The van der Waals surface area contributed by atoms with Crippen molar-refractivity contribution in [3.05, 3.63) is 47.0 Å². The largest absolute Gasteiger partial charge is 0.460 e. The second-order valence-electron chi connectivity index (χ2n) is 9.79. The van der Waals surface area contributed by atoms with Crippen LogP contribution in [0.1, 0.15) is 48.4 Å². The lowest BCUT2D eigenvalue weighted by Gasteiger charge is -2.50. The Bertz CT molecular complexity index is 1330. The lowest BCUT2D eigenvalue weighted by molar-refractivity contribution is -0.161. The van der Waals surface area contributed by atoms with E-state index in [9.17, 15) is 28.4 Å². The van der Waals surface area contributed by atoms with Crippen molar-refractivity contribution in [1.82, 2.24) is 30.1 Å². The lowest BCUT2D eigenvalue weighted by atomic mass is 9.85. The van der Waals surface area contributed by atoms with Crippen molar-refractivity contribution in [2.24, 2.45) is 5.73 Å². The first-order chi connectivity index (χ1) is 18.4. The molecule has 4 rings (SSSR count). The second-order valence-corrected chi connectivity index (χ2v) is 9.79. The summed E-state index contributed by atoms with van der Waals surface area (Å²) in [6.45, 7) is 4.40. The SMILES string of the molecule is CC(=O)O[C@H](C)[C@H](NC(=O)CN1CC2(CCCN2C(=O)c2nnn(Cc3ccccc3F)c2C)C1=O)C(N)=O. The van der Waals surface area contributed by atoms with Gasteiger partial charge < -0.3 is 25.6 Å². The molecule has 13 nitrogen and oxygen atoms in total. The van der Waals surface area contributed by atoms with Gasteiger partial charge in [0.2, 0.25) is 11.8 Å². The fourth-order valence-electron chi connectivity index (χ4n) is 5.11. The number of rotatable bonds is 9. The van der Waals surface area contributed by atoms with E-state index in [1.165, 1.54) is 27.5 Å².